The number of ether oxygens (including phenoxy) is 1. The molecule has 5 nitrogen and oxygen atoms in total. The first-order valence-electron chi connectivity index (χ1n) is 8.08. The van der Waals surface area contributed by atoms with Gasteiger partial charge in [0.15, 0.2) is 0 Å². The molecule has 0 amide bonds. The molecule has 6 heteroatoms. The molecule has 0 aliphatic carbocycles. The van der Waals surface area contributed by atoms with Gasteiger partial charge in [-0.15, -0.1) is 0 Å². The number of hydrogen-bond acceptors (Lipinski definition) is 4. The predicted octanol–water partition coefficient (Wildman–Crippen LogP) is 3.23. The lowest BCUT2D eigenvalue weighted by molar-refractivity contribution is 0.0778. The topological polar surface area (TPSA) is 54.0 Å². The Morgan fingerprint density at radius 3 is 3.00 bits per heavy atom. The van der Waals surface area contributed by atoms with E-state index in [1.165, 1.54) is 10.9 Å². The number of benzene rings is 1. The van der Waals surface area contributed by atoms with E-state index in [9.17, 15) is 0 Å². The minimum absolute atomic E-state index is 0.299. The molecular weight excluding hydrogens is 324 g/mol. The molecule has 4 rings (SSSR count). The lowest BCUT2D eigenvalue weighted by atomic mass is 10.1. The van der Waals surface area contributed by atoms with E-state index in [0.29, 0.717) is 6.10 Å². The van der Waals surface area contributed by atoms with Gasteiger partial charge in [0.2, 0.25) is 5.95 Å². The number of methoxy groups -OCH3 is 1. The van der Waals surface area contributed by atoms with Crippen LogP contribution in [0.15, 0.2) is 36.7 Å². The summed E-state index contributed by atoms with van der Waals surface area (Å²) in [5.74, 6) is 0.794. The number of H-pyrrole nitrogens is 1. The van der Waals surface area contributed by atoms with Crippen LogP contribution in [0, 0.1) is 0 Å². The van der Waals surface area contributed by atoms with Gasteiger partial charge in [0.1, 0.15) is 0 Å². The lowest BCUT2D eigenvalue weighted by Gasteiger charge is -2.38. The minimum atomic E-state index is 0.299. The molecule has 1 saturated heterocycles. The van der Waals surface area contributed by atoms with Gasteiger partial charge in [0, 0.05) is 54.2 Å². The molecule has 0 unspecified atom stereocenters. The average Bonchev–Trinajstić information content (AvgIpc) is 2.95. The fourth-order valence-electron chi connectivity index (χ4n) is 3.05. The third kappa shape index (κ3) is 2.97. The van der Waals surface area contributed by atoms with Crippen molar-refractivity contribution < 1.29 is 4.74 Å². The van der Waals surface area contributed by atoms with E-state index >= 15 is 0 Å². The Hall–Kier alpha value is -2.11. The molecule has 1 aromatic carbocycles. The van der Waals surface area contributed by atoms with Crippen LogP contribution in [0.1, 0.15) is 11.3 Å². The Labute approximate surface area is 145 Å². The van der Waals surface area contributed by atoms with Crippen molar-refractivity contribution in [3.63, 3.8) is 0 Å². The van der Waals surface area contributed by atoms with Crippen molar-refractivity contribution >= 4 is 28.5 Å². The van der Waals surface area contributed by atoms with Crippen LogP contribution in [0.2, 0.25) is 5.02 Å². The third-order valence-electron chi connectivity index (χ3n) is 4.54. The van der Waals surface area contributed by atoms with Gasteiger partial charge < -0.3 is 14.6 Å². The number of aryl methyl sites for hydroxylation is 2. The number of rotatable bonds is 5. The van der Waals surface area contributed by atoms with Gasteiger partial charge in [0.05, 0.1) is 6.10 Å². The molecule has 0 atom stereocenters. The summed E-state index contributed by atoms with van der Waals surface area (Å²) in [4.78, 5) is 14.5. The number of aromatic nitrogens is 3. The summed E-state index contributed by atoms with van der Waals surface area (Å²) >= 11 is 6.12. The van der Waals surface area contributed by atoms with E-state index in [1.54, 1.807) is 7.11 Å². The van der Waals surface area contributed by atoms with E-state index < -0.39 is 0 Å². The molecule has 2 aromatic heterocycles. The Bertz CT molecular complexity index is 857. The number of hydrogen-bond donors (Lipinski definition) is 1. The van der Waals surface area contributed by atoms with Crippen molar-refractivity contribution in [2.75, 3.05) is 25.1 Å². The predicted molar refractivity (Wildman–Crippen MR) is 95.8 cm³/mol. The fraction of sp³-hybridized carbons (Fsp3) is 0.333. The lowest BCUT2D eigenvalue weighted by Crippen LogP contribution is -2.52. The number of halogens is 1. The Kier molecular flexibility index (Phi) is 4.12. The fourth-order valence-corrected chi connectivity index (χ4v) is 3.22. The zero-order chi connectivity index (χ0) is 16.5. The van der Waals surface area contributed by atoms with Gasteiger partial charge in [-0.25, -0.2) is 9.97 Å². The van der Waals surface area contributed by atoms with Crippen LogP contribution in [0.3, 0.4) is 0 Å². The van der Waals surface area contributed by atoms with Gasteiger partial charge in [-0.05, 0) is 42.7 Å². The highest BCUT2D eigenvalue weighted by Crippen LogP contribution is 2.24. The van der Waals surface area contributed by atoms with Crippen molar-refractivity contribution in [3.05, 3.63) is 52.9 Å². The van der Waals surface area contributed by atoms with Gasteiger partial charge >= 0.3 is 0 Å². The minimum Gasteiger partial charge on any atom is -0.378 e. The van der Waals surface area contributed by atoms with Crippen LogP contribution in [-0.2, 0) is 17.6 Å². The summed E-state index contributed by atoms with van der Waals surface area (Å²) in [6.45, 7) is 1.72. The summed E-state index contributed by atoms with van der Waals surface area (Å²) in [6, 6.07) is 7.92. The second-order valence-corrected chi connectivity index (χ2v) is 6.55. The van der Waals surface area contributed by atoms with Crippen LogP contribution in [-0.4, -0.2) is 41.3 Å². The zero-order valence-corrected chi connectivity index (χ0v) is 14.3. The van der Waals surface area contributed by atoms with Crippen LogP contribution in [0.5, 0.6) is 0 Å². The third-order valence-corrected chi connectivity index (χ3v) is 4.78. The van der Waals surface area contributed by atoms with Crippen LogP contribution >= 0.6 is 11.6 Å². The number of fused-ring (bicyclic) bond motifs is 1. The SMILES string of the molecule is COC1CN(c2nccc(CCc3c[nH]c4ccc(Cl)cc34)n2)C1. The first-order valence-corrected chi connectivity index (χ1v) is 8.46. The molecule has 1 N–H and O–H groups in total. The van der Waals surface area contributed by atoms with E-state index in [2.05, 4.69) is 26.0 Å². The molecule has 0 bridgehead atoms. The van der Waals surface area contributed by atoms with Gasteiger partial charge in [-0.2, -0.15) is 0 Å². The Morgan fingerprint density at radius 2 is 2.17 bits per heavy atom. The standard InChI is InChI=1S/C18H19ClN4O/c1-24-15-10-23(11-15)18-20-7-6-14(22-18)4-2-12-9-21-17-5-3-13(19)8-16(12)17/h3,5-9,15,21H,2,4,10-11H2,1H3. The number of anilines is 1. The first-order chi connectivity index (χ1) is 11.7. The number of nitrogens with one attached hydrogen (secondary N) is 1. The Morgan fingerprint density at radius 1 is 1.29 bits per heavy atom. The van der Waals surface area contributed by atoms with Gasteiger partial charge in [0.25, 0.3) is 0 Å². The normalized spacial score (nSPS) is 15.0. The van der Waals surface area contributed by atoms with Crippen molar-refractivity contribution in [2.45, 2.75) is 18.9 Å². The van der Waals surface area contributed by atoms with Gasteiger partial charge in [-0.3, -0.25) is 0 Å². The van der Waals surface area contributed by atoms with Gasteiger partial charge in [-0.1, -0.05) is 11.6 Å². The first kappa shape index (κ1) is 15.4. The molecule has 124 valence electrons. The quantitative estimate of drug-likeness (QED) is 0.773. The van der Waals surface area contributed by atoms with E-state index in [4.69, 9.17) is 16.3 Å². The maximum atomic E-state index is 6.12. The maximum absolute atomic E-state index is 6.12. The summed E-state index contributed by atoms with van der Waals surface area (Å²) in [5, 5.41) is 1.95. The second kappa shape index (κ2) is 6.42. The van der Waals surface area contributed by atoms with Crippen LogP contribution < -0.4 is 4.90 Å². The van der Waals surface area contributed by atoms with E-state index in [1.807, 2.05) is 30.5 Å². The van der Waals surface area contributed by atoms with Crippen molar-refractivity contribution in [1.29, 1.82) is 0 Å². The average molecular weight is 343 g/mol. The molecule has 0 saturated carbocycles. The van der Waals surface area contributed by atoms with Crippen LogP contribution in [0.4, 0.5) is 5.95 Å². The molecule has 1 fully saturated rings. The molecule has 1 aliphatic heterocycles. The van der Waals surface area contributed by atoms with Crippen molar-refractivity contribution in [1.82, 2.24) is 15.0 Å². The molecule has 0 radical (unpaired) electrons. The Balaban J connectivity index is 1.46. The highest BCUT2D eigenvalue weighted by molar-refractivity contribution is 6.31. The molecular formula is C18H19ClN4O. The highest BCUT2D eigenvalue weighted by Gasteiger charge is 2.28. The summed E-state index contributed by atoms with van der Waals surface area (Å²) in [7, 11) is 1.74. The summed E-state index contributed by atoms with van der Waals surface area (Å²) in [6.07, 6.45) is 5.98. The highest BCUT2D eigenvalue weighted by atomic mass is 35.5. The largest absolute Gasteiger partial charge is 0.378 e. The van der Waals surface area contributed by atoms with E-state index in [-0.39, 0.29) is 0 Å². The van der Waals surface area contributed by atoms with Crippen molar-refractivity contribution in [3.8, 4) is 0 Å². The molecule has 0 spiro atoms. The monoisotopic (exact) mass is 342 g/mol. The number of nitrogens with zero attached hydrogens (tertiary/aromatic N) is 3. The molecule has 24 heavy (non-hydrogen) atoms. The maximum Gasteiger partial charge on any atom is 0.225 e. The second-order valence-electron chi connectivity index (χ2n) is 6.11. The van der Waals surface area contributed by atoms with Crippen LogP contribution in [0.25, 0.3) is 10.9 Å². The van der Waals surface area contributed by atoms with E-state index in [0.717, 1.165) is 48.1 Å². The number of aromatic amines is 1. The summed E-state index contributed by atoms with van der Waals surface area (Å²) < 4.78 is 5.30. The molecule has 3 aromatic rings. The smallest absolute Gasteiger partial charge is 0.225 e. The summed E-state index contributed by atoms with van der Waals surface area (Å²) in [5.41, 5.74) is 3.43. The zero-order valence-electron chi connectivity index (χ0n) is 13.5. The molecule has 3 heterocycles. The van der Waals surface area contributed by atoms with Crippen molar-refractivity contribution in [2.24, 2.45) is 0 Å². The molecule has 1 aliphatic rings.